The first-order chi connectivity index (χ1) is 6.63. The van der Waals surface area contributed by atoms with Crippen molar-refractivity contribution in [2.75, 3.05) is 18.5 Å². The van der Waals surface area contributed by atoms with E-state index in [9.17, 15) is 0 Å². The second kappa shape index (κ2) is 4.43. The lowest BCUT2D eigenvalue weighted by Gasteiger charge is -2.17. The molecule has 1 heterocycles. The molecule has 0 fully saturated rings. The predicted molar refractivity (Wildman–Crippen MR) is 57.0 cm³/mol. The van der Waals surface area contributed by atoms with Gasteiger partial charge in [0.15, 0.2) is 0 Å². The maximum Gasteiger partial charge on any atom is 0.128 e. The Morgan fingerprint density at radius 3 is 2.79 bits per heavy atom. The Labute approximate surface area is 84.3 Å². The van der Waals surface area contributed by atoms with Crippen LogP contribution in [0.4, 0.5) is 5.82 Å². The first-order valence-electron chi connectivity index (χ1n) is 4.35. The second-order valence-corrected chi connectivity index (χ2v) is 3.33. The zero-order chi connectivity index (χ0) is 10.6. The molecule has 72 valence electrons. The normalized spacial score (nSPS) is 9.21. The van der Waals surface area contributed by atoms with E-state index in [1.54, 1.807) is 12.3 Å². The molecule has 0 aliphatic heterocycles. The molecule has 0 radical (unpaired) electrons. The molecule has 0 aromatic carbocycles. The van der Waals surface area contributed by atoms with Crippen molar-refractivity contribution >= 4 is 5.82 Å². The summed E-state index contributed by atoms with van der Waals surface area (Å²) >= 11 is 0. The maximum atomic E-state index is 8.59. The van der Waals surface area contributed by atoms with Gasteiger partial charge in [0.2, 0.25) is 0 Å². The van der Waals surface area contributed by atoms with Crippen molar-refractivity contribution in [2.24, 2.45) is 0 Å². The fraction of sp³-hybridized carbons (Fsp3) is 0.273. The van der Waals surface area contributed by atoms with Gasteiger partial charge in [-0.15, -0.1) is 0 Å². The lowest BCUT2D eigenvalue weighted by atomic mass is 10.3. The third-order valence-electron chi connectivity index (χ3n) is 1.78. The fourth-order valence-electron chi connectivity index (χ4n) is 1.16. The highest BCUT2D eigenvalue weighted by Crippen LogP contribution is 2.09. The average Bonchev–Trinajstić information content (AvgIpc) is 2.17. The number of hydrogen-bond acceptors (Lipinski definition) is 3. The summed E-state index contributed by atoms with van der Waals surface area (Å²) in [6.45, 7) is 6.58. The van der Waals surface area contributed by atoms with Crippen molar-refractivity contribution in [1.82, 2.24) is 4.98 Å². The highest BCUT2D eigenvalue weighted by molar-refractivity contribution is 5.42. The third kappa shape index (κ3) is 2.60. The molecule has 0 bridgehead atoms. The molecule has 0 aliphatic rings. The molecule has 0 atom stereocenters. The maximum absolute atomic E-state index is 8.59. The minimum Gasteiger partial charge on any atom is -0.356 e. The van der Waals surface area contributed by atoms with Gasteiger partial charge < -0.3 is 4.90 Å². The van der Waals surface area contributed by atoms with E-state index in [-0.39, 0.29) is 0 Å². The number of nitriles is 1. The molecule has 0 saturated heterocycles. The highest BCUT2D eigenvalue weighted by Gasteiger charge is 2.01. The van der Waals surface area contributed by atoms with Crippen LogP contribution in [0.1, 0.15) is 12.5 Å². The third-order valence-corrected chi connectivity index (χ3v) is 1.78. The van der Waals surface area contributed by atoms with Gasteiger partial charge in [-0.05, 0) is 19.1 Å². The van der Waals surface area contributed by atoms with Crippen LogP contribution in [-0.2, 0) is 0 Å². The van der Waals surface area contributed by atoms with Gasteiger partial charge in [-0.2, -0.15) is 5.26 Å². The predicted octanol–water partition coefficient (Wildman–Crippen LogP) is 1.97. The fourth-order valence-corrected chi connectivity index (χ4v) is 1.16. The molecule has 1 rings (SSSR count). The summed E-state index contributed by atoms with van der Waals surface area (Å²) in [4.78, 5) is 6.15. The summed E-state index contributed by atoms with van der Waals surface area (Å²) in [6, 6.07) is 5.63. The molecular weight excluding hydrogens is 174 g/mol. The van der Waals surface area contributed by atoms with E-state index in [1.807, 2.05) is 31.0 Å². The van der Waals surface area contributed by atoms with Crippen LogP contribution in [0.5, 0.6) is 0 Å². The molecule has 14 heavy (non-hydrogen) atoms. The van der Waals surface area contributed by atoms with Crippen LogP contribution in [-0.4, -0.2) is 18.6 Å². The quantitative estimate of drug-likeness (QED) is 0.679. The number of likely N-dealkylation sites (N-methyl/N-ethyl adjacent to an activating group) is 1. The van der Waals surface area contributed by atoms with Crippen molar-refractivity contribution in [1.29, 1.82) is 5.26 Å². The van der Waals surface area contributed by atoms with Crippen LogP contribution in [0.25, 0.3) is 0 Å². The molecule has 0 aliphatic carbocycles. The average molecular weight is 187 g/mol. The molecule has 0 unspecified atom stereocenters. The van der Waals surface area contributed by atoms with E-state index in [2.05, 4.69) is 11.6 Å². The van der Waals surface area contributed by atoms with Gasteiger partial charge in [0, 0.05) is 19.8 Å². The molecule has 0 saturated carbocycles. The Hall–Kier alpha value is -1.82. The second-order valence-electron chi connectivity index (χ2n) is 3.33. The Kier molecular flexibility index (Phi) is 3.24. The summed E-state index contributed by atoms with van der Waals surface area (Å²) in [5, 5.41) is 8.59. The number of aromatic nitrogens is 1. The van der Waals surface area contributed by atoms with E-state index in [0.29, 0.717) is 5.56 Å². The lowest BCUT2D eigenvalue weighted by Crippen LogP contribution is -2.19. The minimum absolute atomic E-state index is 0.581. The monoisotopic (exact) mass is 187 g/mol. The smallest absolute Gasteiger partial charge is 0.128 e. The van der Waals surface area contributed by atoms with Crippen molar-refractivity contribution in [3.63, 3.8) is 0 Å². The van der Waals surface area contributed by atoms with Crippen LogP contribution in [0, 0.1) is 11.3 Å². The van der Waals surface area contributed by atoms with Gasteiger partial charge in [-0.25, -0.2) is 4.98 Å². The molecule has 0 spiro atoms. The Bertz CT molecular complexity index is 359. The van der Waals surface area contributed by atoms with Crippen LogP contribution >= 0.6 is 0 Å². The van der Waals surface area contributed by atoms with Crippen molar-refractivity contribution in [3.05, 3.63) is 36.0 Å². The van der Waals surface area contributed by atoms with Gasteiger partial charge in [-0.1, -0.05) is 12.2 Å². The summed E-state index contributed by atoms with van der Waals surface area (Å²) < 4.78 is 0. The molecule has 0 N–H and O–H groups in total. The Morgan fingerprint density at radius 1 is 1.64 bits per heavy atom. The number of anilines is 1. The summed E-state index contributed by atoms with van der Waals surface area (Å²) in [7, 11) is 1.95. The van der Waals surface area contributed by atoms with E-state index < -0.39 is 0 Å². The van der Waals surface area contributed by atoms with Crippen molar-refractivity contribution in [2.45, 2.75) is 6.92 Å². The van der Waals surface area contributed by atoms with E-state index in [0.717, 1.165) is 17.9 Å². The van der Waals surface area contributed by atoms with Gasteiger partial charge in [0.1, 0.15) is 11.9 Å². The zero-order valence-electron chi connectivity index (χ0n) is 8.49. The summed E-state index contributed by atoms with van der Waals surface area (Å²) in [5.41, 5.74) is 1.66. The number of pyridine rings is 1. The molecule has 1 aromatic heterocycles. The molecule has 3 nitrogen and oxygen atoms in total. The number of hydrogen-bond donors (Lipinski definition) is 0. The first kappa shape index (κ1) is 10.3. The van der Waals surface area contributed by atoms with Crippen LogP contribution < -0.4 is 4.90 Å². The van der Waals surface area contributed by atoms with Crippen LogP contribution in [0.2, 0.25) is 0 Å². The standard InChI is InChI=1S/C11H13N3/c1-9(2)8-14(3)11-5-4-10(6-12)7-13-11/h4-5,7H,1,8H2,2-3H3. The van der Waals surface area contributed by atoms with E-state index in [1.165, 1.54) is 0 Å². The zero-order valence-corrected chi connectivity index (χ0v) is 8.49. The topological polar surface area (TPSA) is 39.9 Å². The van der Waals surface area contributed by atoms with Crippen LogP contribution in [0.15, 0.2) is 30.5 Å². The SMILES string of the molecule is C=C(C)CN(C)c1ccc(C#N)cn1. The number of rotatable bonds is 3. The van der Waals surface area contributed by atoms with Crippen molar-refractivity contribution in [3.8, 4) is 6.07 Å². The van der Waals surface area contributed by atoms with Gasteiger partial charge in [0.05, 0.1) is 5.56 Å². The largest absolute Gasteiger partial charge is 0.356 e. The summed E-state index contributed by atoms with van der Waals surface area (Å²) in [5.74, 6) is 0.854. The molecule has 3 heteroatoms. The first-order valence-corrected chi connectivity index (χ1v) is 4.35. The molecule has 0 amide bonds. The number of nitrogens with zero attached hydrogens (tertiary/aromatic N) is 3. The summed E-state index contributed by atoms with van der Waals surface area (Å²) in [6.07, 6.45) is 1.57. The molecular formula is C11H13N3. The highest BCUT2D eigenvalue weighted by atomic mass is 15.2. The minimum atomic E-state index is 0.581. The Balaban J connectivity index is 2.77. The van der Waals surface area contributed by atoms with Crippen molar-refractivity contribution < 1.29 is 0 Å². The van der Waals surface area contributed by atoms with E-state index in [4.69, 9.17) is 5.26 Å². The van der Waals surface area contributed by atoms with Crippen LogP contribution in [0.3, 0.4) is 0 Å². The van der Waals surface area contributed by atoms with Gasteiger partial charge in [-0.3, -0.25) is 0 Å². The van der Waals surface area contributed by atoms with Gasteiger partial charge in [0.25, 0.3) is 0 Å². The van der Waals surface area contributed by atoms with E-state index >= 15 is 0 Å². The van der Waals surface area contributed by atoms with Gasteiger partial charge >= 0.3 is 0 Å². The molecule has 1 aromatic rings. The lowest BCUT2D eigenvalue weighted by molar-refractivity contribution is 0.953. The Morgan fingerprint density at radius 2 is 2.36 bits per heavy atom.